The van der Waals surface area contributed by atoms with Crippen LogP contribution in [0.4, 0.5) is 5.69 Å². The molecule has 174 valence electrons. The minimum Gasteiger partial charge on any atom is -0.369 e. The van der Waals surface area contributed by atoms with Crippen LogP contribution in [-0.4, -0.2) is 45.4 Å². The standard InChI is InChI=1S/C26H26N4O3S/c27-19-23-10-4-5-13-25(23)29-14-7-15-30(17-16-29)26(31)22-11-6-12-24(18-22)34(32,33)28-20-21-8-2-1-3-9-21/h1-6,8-13,18,28H,7,14-17,20H2. The van der Waals surface area contributed by atoms with Crippen molar-refractivity contribution < 1.29 is 13.2 Å². The van der Waals surface area contributed by atoms with Crippen molar-refractivity contribution in [1.82, 2.24) is 9.62 Å². The molecule has 0 unspecified atom stereocenters. The van der Waals surface area contributed by atoms with E-state index in [1.165, 1.54) is 12.1 Å². The van der Waals surface area contributed by atoms with Crippen molar-refractivity contribution in [3.05, 3.63) is 95.6 Å². The number of para-hydroxylation sites is 1. The van der Waals surface area contributed by atoms with Gasteiger partial charge in [-0.15, -0.1) is 0 Å². The third-order valence-electron chi connectivity index (χ3n) is 5.85. The second-order valence-electron chi connectivity index (χ2n) is 8.10. The maximum Gasteiger partial charge on any atom is 0.253 e. The minimum absolute atomic E-state index is 0.0636. The second-order valence-corrected chi connectivity index (χ2v) is 9.87. The van der Waals surface area contributed by atoms with Crippen LogP contribution in [0.1, 0.15) is 27.9 Å². The fraction of sp³-hybridized carbons (Fsp3) is 0.231. The van der Waals surface area contributed by atoms with Crippen molar-refractivity contribution in [3.8, 4) is 6.07 Å². The van der Waals surface area contributed by atoms with Crippen molar-refractivity contribution in [2.75, 3.05) is 31.1 Å². The van der Waals surface area contributed by atoms with Crippen molar-refractivity contribution in [3.63, 3.8) is 0 Å². The summed E-state index contributed by atoms with van der Waals surface area (Å²) in [6.45, 7) is 2.56. The molecule has 34 heavy (non-hydrogen) atoms. The molecule has 0 bridgehead atoms. The molecule has 1 saturated heterocycles. The SMILES string of the molecule is N#Cc1ccccc1N1CCCN(C(=O)c2cccc(S(=O)(=O)NCc3ccccc3)c2)CC1. The number of amides is 1. The maximum atomic E-state index is 13.2. The first kappa shape index (κ1) is 23.5. The van der Waals surface area contributed by atoms with Crippen LogP contribution in [0, 0.1) is 11.3 Å². The highest BCUT2D eigenvalue weighted by Crippen LogP contribution is 2.22. The quantitative estimate of drug-likeness (QED) is 0.591. The Kier molecular flexibility index (Phi) is 7.26. The molecule has 3 aromatic rings. The van der Waals surface area contributed by atoms with Gasteiger partial charge in [-0.2, -0.15) is 5.26 Å². The zero-order chi connectivity index (χ0) is 24.0. The largest absolute Gasteiger partial charge is 0.369 e. The summed E-state index contributed by atoms with van der Waals surface area (Å²) in [5.41, 5.74) is 2.68. The lowest BCUT2D eigenvalue weighted by Crippen LogP contribution is -2.35. The molecule has 1 aliphatic heterocycles. The Labute approximate surface area is 200 Å². The summed E-state index contributed by atoms with van der Waals surface area (Å²) in [7, 11) is -3.76. The molecule has 7 nitrogen and oxygen atoms in total. The molecule has 1 heterocycles. The second kappa shape index (κ2) is 10.5. The first-order valence-electron chi connectivity index (χ1n) is 11.1. The average molecular weight is 475 g/mol. The molecule has 0 spiro atoms. The van der Waals surface area contributed by atoms with Crippen LogP contribution in [0.3, 0.4) is 0 Å². The minimum atomic E-state index is -3.76. The van der Waals surface area contributed by atoms with Crippen molar-refractivity contribution >= 4 is 21.6 Å². The molecular formula is C26H26N4O3S. The van der Waals surface area contributed by atoms with Crippen molar-refractivity contribution in [2.24, 2.45) is 0 Å². The Morgan fingerprint density at radius 1 is 0.912 bits per heavy atom. The monoisotopic (exact) mass is 474 g/mol. The predicted molar refractivity (Wildman–Crippen MR) is 131 cm³/mol. The highest BCUT2D eigenvalue weighted by Gasteiger charge is 2.23. The highest BCUT2D eigenvalue weighted by molar-refractivity contribution is 7.89. The summed E-state index contributed by atoms with van der Waals surface area (Å²) in [4.78, 5) is 17.2. The predicted octanol–water partition coefficient (Wildman–Crippen LogP) is 3.39. The summed E-state index contributed by atoms with van der Waals surface area (Å²) in [6.07, 6.45) is 0.752. The zero-order valence-corrected chi connectivity index (χ0v) is 19.5. The van der Waals surface area contributed by atoms with E-state index in [-0.39, 0.29) is 17.3 Å². The Morgan fingerprint density at radius 2 is 1.68 bits per heavy atom. The Morgan fingerprint density at radius 3 is 2.47 bits per heavy atom. The molecule has 1 N–H and O–H groups in total. The molecule has 0 atom stereocenters. The summed E-state index contributed by atoms with van der Waals surface area (Å²) in [5, 5.41) is 9.41. The fourth-order valence-electron chi connectivity index (χ4n) is 4.04. The normalized spacial score (nSPS) is 14.3. The van der Waals surface area contributed by atoms with Crippen LogP contribution in [0.2, 0.25) is 0 Å². The first-order valence-corrected chi connectivity index (χ1v) is 12.6. The van der Waals surface area contributed by atoms with Gasteiger partial charge in [0.25, 0.3) is 5.91 Å². The molecular weight excluding hydrogens is 448 g/mol. The van der Waals surface area contributed by atoms with Gasteiger partial charge in [-0.3, -0.25) is 4.79 Å². The van der Waals surface area contributed by atoms with E-state index in [2.05, 4.69) is 15.7 Å². The molecule has 1 amide bonds. The number of nitriles is 1. The molecule has 3 aromatic carbocycles. The number of nitrogens with one attached hydrogen (secondary N) is 1. The average Bonchev–Trinajstić information content (AvgIpc) is 3.14. The van der Waals surface area contributed by atoms with Crippen molar-refractivity contribution in [2.45, 2.75) is 17.9 Å². The number of rotatable bonds is 6. The van der Waals surface area contributed by atoms with Gasteiger partial charge in [-0.25, -0.2) is 13.1 Å². The molecule has 8 heteroatoms. The van der Waals surface area contributed by atoms with Gasteiger partial charge in [-0.05, 0) is 42.3 Å². The van der Waals surface area contributed by atoms with E-state index < -0.39 is 10.0 Å². The lowest BCUT2D eigenvalue weighted by molar-refractivity contribution is 0.0767. The van der Waals surface area contributed by atoms with E-state index in [0.717, 1.165) is 24.2 Å². The van der Waals surface area contributed by atoms with Gasteiger partial charge in [0.1, 0.15) is 6.07 Å². The van der Waals surface area contributed by atoms with Gasteiger partial charge < -0.3 is 9.80 Å². The lowest BCUT2D eigenvalue weighted by Gasteiger charge is -2.24. The molecule has 0 radical (unpaired) electrons. The summed E-state index contributed by atoms with van der Waals surface area (Å²) in [6, 6.07) is 25.1. The molecule has 4 rings (SSSR count). The Balaban J connectivity index is 1.45. The van der Waals surface area contributed by atoms with Gasteiger partial charge >= 0.3 is 0 Å². The number of sulfonamides is 1. The van der Waals surface area contributed by atoms with Crippen LogP contribution in [0.15, 0.2) is 83.8 Å². The van der Waals surface area contributed by atoms with Crippen LogP contribution in [0.5, 0.6) is 0 Å². The van der Waals surface area contributed by atoms with Gasteiger partial charge in [0, 0.05) is 38.3 Å². The van der Waals surface area contributed by atoms with Gasteiger partial charge in [0.15, 0.2) is 0 Å². The third-order valence-corrected chi connectivity index (χ3v) is 7.25. The Bertz CT molecular complexity index is 1300. The third kappa shape index (κ3) is 5.45. The van der Waals surface area contributed by atoms with E-state index in [0.29, 0.717) is 30.8 Å². The van der Waals surface area contributed by atoms with Gasteiger partial charge in [-0.1, -0.05) is 48.5 Å². The smallest absolute Gasteiger partial charge is 0.253 e. The number of anilines is 1. The van der Waals surface area contributed by atoms with E-state index in [1.54, 1.807) is 23.1 Å². The van der Waals surface area contributed by atoms with E-state index >= 15 is 0 Å². The maximum absolute atomic E-state index is 13.2. The molecule has 0 saturated carbocycles. The molecule has 0 aromatic heterocycles. The van der Waals surface area contributed by atoms with Gasteiger partial charge in [0.05, 0.1) is 16.1 Å². The topological polar surface area (TPSA) is 93.5 Å². The fourth-order valence-corrected chi connectivity index (χ4v) is 5.10. The van der Waals surface area contributed by atoms with Crippen LogP contribution in [0.25, 0.3) is 0 Å². The van der Waals surface area contributed by atoms with E-state index in [9.17, 15) is 18.5 Å². The Hall–Kier alpha value is -3.67. The van der Waals surface area contributed by atoms with Crippen LogP contribution < -0.4 is 9.62 Å². The number of carbonyl (C=O) groups is 1. The summed E-state index contributed by atoms with van der Waals surface area (Å²) >= 11 is 0. The molecule has 1 fully saturated rings. The summed E-state index contributed by atoms with van der Waals surface area (Å²) in [5.74, 6) is -0.199. The number of benzene rings is 3. The molecule has 1 aliphatic rings. The zero-order valence-electron chi connectivity index (χ0n) is 18.7. The number of nitrogens with zero attached hydrogens (tertiary/aromatic N) is 3. The van der Waals surface area contributed by atoms with E-state index in [1.807, 2.05) is 48.5 Å². The number of hydrogen-bond acceptors (Lipinski definition) is 5. The van der Waals surface area contributed by atoms with Crippen LogP contribution in [-0.2, 0) is 16.6 Å². The van der Waals surface area contributed by atoms with Crippen molar-refractivity contribution in [1.29, 1.82) is 5.26 Å². The highest BCUT2D eigenvalue weighted by atomic mass is 32.2. The first-order chi connectivity index (χ1) is 16.5. The summed E-state index contributed by atoms with van der Waals surface area (Å²) < 4.78 is 28.2. The van der Waals surface area contributed by atoms with Gasteiger partial charge in [0.2, 0.25) is 10.0 Å². The number of carbonyl (C=O) groups excluding carboxylic acids is 1. The molecule has 0 aliphatic carbocycles. The number of hydrogen-bond donors (Lipinski definition) is 1. The van der Waals surface area contributed by atoms with Crippen LogP contribution >= 0.6 is 0 Å². The lowest BCUT2D eigenvalue weighted by atomic mass is 10.1. The van der Waals surface area contributed by atoms with E-state index in [4.69, 9.17) is 0 Å².